The summed E-state index contributed by atoms with van der Waals surface area (Å²) in [5.41, 5.74) is 5.56. The minimum absolute atomic E-state index is 0.0224. The fraction of sp³-hybridized carbons (Fsp3) is 0.933. The van der Waals surface area contributed by atoms with Crippen molar-refractivity contribution >= 4 is 5.91 Å². The molecule has 1 amide bonds. The van der Waals surface area contributed by atoms with E-state index in [-0.39, 0.29) is 16.7 Å². The van der Waals surface area contributed by atoms with Crippen LogP contribution in [0.3, 0.4) is 0 Å². The maximum atomic E-state index is 12.8. The number of rotatable bonds is 7. The van der Waals surface area contributed by atoms with Crippen LogP contribution in [0, 0.1) is 10.8 Å². The van der Waals surface area contributed by atoms with E-state index in [2.05, 4.69) is 13.8 Å². The number of nitrogens with two attached hydrogens (primary N) is 1. The Morgan fingerprint density at radius 3 is 2.42 bits per heavy atom. The van der Waals surface area contributed by atoms with Gasteiger partial charge in [-0.25, -0.2) is 0 Å². The summed E-state index contributed by atoms with van der Waals surface area (Å²) in [7, 11) is 3.61. The summed E-state index contributed by atoms with van der Waals surface area (Å²) in [5, 5.41) is 0. The first-order valence-electron chi connectivity index (χ1n) is 7.31. The summed E-state index contributed by atoms with van der Waals surface area (Å²) in [4.78, 5) is 14.7. The number of nitrogens with zero attached hydrogens (tertiary/aromatic N) is 1. The molecule has 0 aromatic heterocycles. The van der Waals surface area contributed by atoms with Crippen molar-refractivity contribution in [3.63, 3.8) is 0 Å². The average Bonchev–Trinajstić information content (AvgIpc) is 2.85. The molecule has 1 aliphatic carbocycles. The third kappa shape index (κ3) is 4.18. The quantitative estimate of drug-likeness (QED) is 0.770. The zero-order valence-corrected chi connectivity index (χ0v) is 13.0. The molecule has 1 aliphatic rings. The first-order chi connectivity index (χ1) is 8.87. The lowest BCUT2D eigenvalue weighted by atomic mass is 9.81. The van der Waals surface area contributed by atoms with Gasteiger partial charge in [0.05, 0.1) is 5.41 Å². The van der Waals surface area contributed by atoms with Crippen LogP contribution in [0.1, 0.15) is 46.0 Å². The van der Waals surface area contributed by atoms with E-state index < -0.39 is 0 Å². The molecule has 1 saturated carbocycles. The Bertz CT molecular complexity index is 297. The summed E-state index contributed by atoms with van der Waals surface area (Å²) in [6.07, 6.45) is 5.16. The molecule has 0 aliphatic heterocycles. The predicted octanol–water partition coefficient (Wildman–Crippen LogP) is 2.03. The zero-order valence-electron chi connectivity index (χ0n) is 13.0. The van der Waals surface area contributed by atoms with Crippen LogP contribution in [-0.4, -0.2) is 44.7 Å². The first-order valence-corrected chi connectivity index (χ1v) is 7.31. The maximum absolute atomic E-state index is 12.8. The largest absolute Gasteiger partial charge is 0.385 e. The molecule has 1 rings (SSSR count). The zero-order chi connectivity index (χ0) is 14.5. The van der Waals surface area contributed by atoms with Crippen LogP contribution >= 0.6 is 0 Å². The van der Waals surface area contributed by atoms with Crippen LogP contribution in [0.15, 0.2) is 0 Å². The van der Waals surface area contributed by atoms with Gasteiger partial charge in [0.2, 0.25) is 5.91 Å². The van der Waals surface area contributed by atoms with Crippen LogP contribution in [-0.2, 0) is 9.53 Å². The highest BCUT2D eigenvalue weighted by Gasteiger charge is 2.42. The van der Waals surface area contributed by atoms with Crippen LogP contribution < -0.4 is 5.73 Å². The molecule has 0 spiro atoms. The molecule has 0 aromatic carbocycles. The van der Waals surface area contributed by atoms with Gasteiger partial charge in [0.1, 0.15) is 0 Å². The molecule has 0 atom stereocenters. The number of methoxy groups -OCH3 is 1. The fourth-order valence-electron chi connectivity index (χ4n) is 3.10. The summed E-state index contributed by atoms with van der Waals surface area (Å²) in [6.45, 7) is 6.19. The van der Waals surface area contributed by atoms with Crippen molar-refractivity contribution in [3.05, 3.63) is 0 Å². The summed E-state index contributed by atoms with van der Waals surface area (Å²) in [5.74, 6) is 0.281. The average molecular weight is 270 g/mol. The normalized spacial score (nSPS) is 18.6. The molecule has 2 N–H and O–H groups in total. The standard InChI is InChI=1S/C15H30N2O2/c1-14(2,11-16)12-17(3)13(18)15(9-10-19-4)7-5-6-8-15/h5-12,16H2,1-4H3. The van der Waals surface area contributed by atoms with E-state index >= 15 is 0 Å². The molecule has 0 aromatic rings. The summed E-state index contributed by atoms with van der Waals surface area (Å²) < 4.78 is 5.19. The third-order valence-corrected chi connectivity index (χ3v) is 4.36. The lowest BCUT2D eigenvalue weighted by Crippen LogP contribution is -2.46. The highest BCUT2D eigenvalue weighted by atomic mass is 16.5. The number of ether oxygens (including phenoxy) is 1. The van der Waals surface area contributed by atoms with Crippen molar-refractivity contribution in [1.82, 2.24) is 4.90 Å². The van der Waals surface area contributed by atoms with Crippen molar-refractivity contribution < 1.29 is 9.53 Å². The first kappa shape index (κ1) is 16.4. The van der Waals surface area contributed by atoms with Crippen LogP contribution in [0.5, 0.6) is 0 Å². The molecule has 0 unspecified atom stereocenters. The molecule has 0 radical (unpaired) electrons. The number of carbonyl (C=O) groups excluding carboxylic acids is 1. The molecular formula is C15H30N2O2. The number of hydrogen-bond acceptors (Lipinski definition) is 3. The van der Waals surface area contributed by atoms with Crippen molar-refractivity contribution in [2.45, 2.75) is 46.0 Å². The van der Waals surface area contributed by atoms with Crippen LogP contribution in [0.2, 0.25) is 0 Å². The van der Waals surface area contributed by atoms with Crippen molar-refractivity contribution in [1.29, 1.82) is 0 Å². The van der Waals surface area contributed by atoms with Gasteiger partial charge in [-0.2, -0.15) is 0 Å². The lowest BCUT2D eigenvalue weighted by Gasteiger charge is -2.36. The Balaban J connectivity index is 2.71. The van der Waals surface area contributed by atoms with Crippen molar-refractivity contribution in [2.75, 3.05) is 33.9 Å². The second-order valence-electron chi connectivity index (χ2n) is 6.76. The van der Waals surface area contributed by atoms with E-state index in [0.717, 1.165) is 38.6 Å². The Morgan fingerprint density at radius 2 is 1.95 bits per heavy atom. The summed E-state index contributed by atoms with van der Waals surface area (Å²) >= 11 is 0. The fourth-order valence-corrected chi connectivity index (χ4v) is 3.10. The molecule has 0 saturated heterocycles. The Morgan fingerprint density at radius 1 is 1.37 bits per heavy atom. The SMILES string of the molecule is COCCC1(C(=O)N(C)CC(C)(C)CN)CCCC1. The number of amides is 1. The topological polar surface area (TPSA) is 55.6 Å². The van der Waals surface area contributed by atoms with Crippen molar-refractivity contribution in [3.8, 4) is 0 Å². The van der Waals surface area contributed by atoms with Gasteiger partial charge in [-0.1, -0.05) is 26.7 Å². The molecule has 4 nitrogen and oxygen atoms in total. The Hall–Kier alpha value is -0.610. The van der Waals surface area contributed by atoms with Gasteiger partial charge >= 0.3 is 0 Å². The molecule has 19 heavy (non-hydrogen) atoms. The van der Waals surface area contributed by atoms with Crippen molar-refractivity contribution in [2.24, 2.45) is 16.6 Å². The molecular weight excluding hydrogens is 240 g/mol. The summed E-state index contributed by atoms with van der Waals surface area (Å²) in [6, 6.07) is 0. The minimum atomic E-state index is -0.185. The molecule has 0 heterocycles. The Labute approximate surface area is 117 Å². The van der Waals surface area contributed by atoms with E-state index in [0.29, 0.717) is 13.2 Å². The van der Waals surface area contributed by atoms with Gasteiger partial charge in [-0.15, -0.1) is 0 Å². The Kier molecular flexibility index (Phi) is 5.81. The van der Waals surface area contributed by atoms with Gasteiger partial charge in [0, 0.05) is 27.3 Å². The minimum Gasteiger partial charge on any atom is -0.385 e. The van der Waals surface area contributed by atoms with Gasteiger partial charge in [0.25, 0.3) is 0 Å². The molecule has 1 fully saturated rings. The van der Waals surface area contributed by atoms with E-state index in [1.165, 1.54) is 0 Å². The molecule has 0 bridgehead atoms. The molecule has 112 valence electrons. The van der Waals surface area contributed by atoms with E-state index in [1.54, 1.807) is 7.11 Å². The maximum Gasteiger partial charge on any atom is 0.228 e. The second kappa shape index (κ2) is 6.71. The highest BCUT2D eigenvalue weighted by Crippen LogP contribution is 2.42. The number of hydrogen-bond donors (Lipinski definition) is 1. The van der Waals surface area contributed by atoms with Gasteiger partial charge in [0.15, 0.2) is 0 Å². The van der Waals surface area contributed by atoms with Crippen LogP contribution in [0.4, 0.5) is 0 Å². The number of carbonyl (C=O) groups is 1. The third-order valence-electron chi connectivity index (χ3n) is 4.36. The smallest absolute Gasteiger partial charge is 0.228 e. The van der Waals surface area contributed by atoms with Gasteiger partial charge < -0.3 is 15.4 Å². The second-order valence-corrected chi connectivity index (χ2v) is 6.76. The van der Waals surface area contributed by atoms with E-state index in [9.17, 15) is 4.79 Å². The molecule has 4 heteroatoms. The van der Waals surface area contributed by atoms with Crippen LogP contribution in [0.25, 0.3) is 0 Å². The predicted molar refractivity (Wildman–Crippen MR) is 77.9 cm³/mol. The highest BCUT2D eigenvalue weighted by molar-refractivity contribution is 5.82. The van der Waals surface area contributed by atoms with E-state index in [4.69, 9.17) is 10.5 Å². The monoisotopic (exact) mass is 270 g/mol. The van der Waals surface area contributed by atoms with E-state index in [1.807, 2.05) is 11.9 Å². The van der Waals surface area contributed by atoms with Gasteiger partial charge in [-0.05, 0) is 31.2 Å². The van der Waals surface area contributed by atoms with Gasteiger partial charge in [-0.3, -0.25) is 4.79 Å². The lowest BCUT2D eigenvalue weighted by molar-refractivity contribution is -0.143.